The average Bonchev–Trinajstić information content (AvgIpc) is 3.27. The first kappa shape index (κ1) is 37.4. The number of carboxylic acids is 1. The molecule has 4 atom stereocenters. The highest BCUT2D eigenvalue weighted by Gasteiger charge is 2.44. The van der Waals surface area contributed by atoms with E-state index in [0.29, 0.717) is 12.8 Å². The lowest BCUT2D eigenvalue weighted by Gasteiger charge is -2.43. The normalized spacial score (nSPS) is 16.8. The summed E-state index contributed by atoms with van der Waals surface area (Å²) in [4.78, 5) is 29.3. The summed E-state index contributed by atoms with van der Waals surface area (Å²) in [5.74, 6) is -0.956. The molecule has 0 unspecified atom stereocenters. The van der Waals surface area contributed by atoms with Gasteiger partial charge >= 0.3 is 5.97 Å². The highest BCUT2D eigenvalue weighted by Crippen LogP contribution is 2.41. The van der Waals surface area contributed by atoms with E-state index < -0.39 is 25.8 Å². The third kappa shape index (κ3) is 12.3. The molecule has 1 aromatic rings. The van der Waals surface area contributed by atoms with Gasteiger partial charge in [0, 0.05) is 23.1 Å². The maximum atomic E-state index is 13.7. The van der Waals surface area contributed by atoms with Crippen molar-refractivity contribution in [2.45, 2.75) is 138 Å². The van der Waals surface area contributed by atoms with Crippen molar-refractivity contribution in [2.75, 3.05) is 0 Å². The molecule has 0 fully saturated rings. The zero-order chi connectivity index (χ0) is 31.8. The van der Waals surface area contributed by atoms with Gasteiger partial charge in [-0.15, -0.1) is 11.3 Å². The van der Waals surface area contributed by atoms with Crippen LogP contribution in [0.5, 0.6) is 0 Å². The van der Waals surface area contributed by atoms with Gasteiger partial charge in [-0.2, -0.15) is 0 Å². The van der Waals surface area contributed by atoms with Crippen molar-refractivity contribution in [2.24, 2.45) is 17.3 Å². The number of hydrogen-bond acceptors (Lipinski definition) is 6. The van der Waals surface area contributed by atoms with Gasteiger partial charge in [-0.25, -0.2) is 4.98 Å². The lowest BCUT2D eigenvalue weighted by Crippen LogP contribution is -2.50. The Balaban J connectivity index is 2.91. The molecular formula is C33H57NO5SSi. The van der Waals surface area contributed by atoms with Crippen LogP contribution in [0, 0.1) is 24.2 Å². The fourth-order valence-corrected chi connectivity index (χ4v) is 6.82. The predicted octanol–water partition coefficient (Wildman–Crippen LogP) is 8.85. The number of aliphatic hydroxyl groups excluding tert-OH is 1. The van der Waals surface area contributed by atoms with E-state index in [1.807, 2.05) is 46.1 Å². The van der Waals surface area contributed by atoms with Gasteiger partial charge in [-0.1, -0.05) is 60.1 Å². The summed E-state index contributed by atoms with van der Waals surface area (Å²) >= 11 is 1.60. The number of ketones is 1. The summed E-state index contributed by atoms with van der Waals surface area (Å²) in [5, 5.41) is 22.8. The topological polar surface area (TPSA) is 96.7 Å². The van der Waals surface area contributed by atoms with E-state index in [1.54, 1.807) is 11.3 Å². The Morgan fingerprint density at radius 1 is 1.12 bits per heavy atom. The fraction of sp³-hybridized carbons (Fsp3) is 0.727. The molecule has 1 rings (SSSR count). The molecule has 1 aromatic heterocycles. The Labute approximate surface area is 254 Å². The Morgan fingerprint density at radius 3 is 2.24 bits per heavy atom. The minimum absolute atomic E-state index is 0.0115. The summed E-state index contributed by atoms with van der Waals surface area (Å²) in [7, 11) is -2.15. The van der Waals surface area contributed by atoms with Crippen LogP contribution in [0.15, 0.2) is 22.6 Å². The van der Waals surface area contributed by atoms with Crippen molar-refractivity contribution >= 4 is 37.5 Å². The number of carbonyl (C=O) groups is 2. The van der Waals surface area contributed by atoms with Gasteiger partial charge in [0.2, 0.25) is 0 Å². The van der Waals surface area contributed by atoms with Crippen LogP contribution in [0.4, 0.5) is 0 Å². The molecule has 0 aliphatic carbocycles. The molecule has 234 valence electrons. The number of hydrogen-bond donors (Lipinski definition) is 2. The van der Waals surface area contributed by atoms with Gasteiger partial charge in [-0.05, 0) is 88.6 Å². The second-order valence-corrected chi connectivity index (χ2v) is 19.9. The number of aliphatic hydroxyl groups is 1. The van der Waals surface area contributed by atoms with Crippen molar-refractivity contribution in [1.29, 1.82) is 0 Å². The Bertz CT molecular complexity index is 1070. The number of aromatic nitrogens is 1. The lowest BCUT2D eigenvalue weighted by atomic mass is 9.74. The first-order chi connectivity index (χ1) is 18.7. The summed E-state index contributed by atoms with van der Waals surface area (Å²) in [5.41, 5.74) is 2.32. The first-order valence-corrected chi connectivity index (χ1v) is 18.8. The average molecular weight is 608 g/mol. The van der Waals surface area contributed by atoms with Gasteiger partial charge in [0.1, 0.15) is 5.78 Å². The maximum absolute atomic E-state index is 13.7. The van der Waals surface area contributed by atoms with Crippen LogP contribution >= 0.6 is 11.3 Å². The molecule has 1 heterocycles. The van der Waals surface area contributed by atoms with Crippen LogP contribution in [0.2, 0.25) is 18.1 Å². The Morgan fingerprint density at radius 2 is 1.73 bits per heavy atom. The third-order valence-corrected chi connectivity index (χ3v) is 14.1. The molecule has 0 bridgehead atoms. The van der Waals surface area contributed by atoms with Gasteiger partial charge in [-0.3, -0.25) is 9.59 Å². The van der Waals surface area contributed by atoms with Crippen molar-refractivity contribution in [3.8, 4) is 0 Å². The van der Waals surface area contributed by atoms with Gasteiger partial charge in [0.25, 0.3) is 0 Å². The molecule has 0 aliphatic rings. The summed E-state index contributed by atoms with van der Waals surface area (Å²) in [6.07, 6.45) is 6.99. The van der Waals surface area contributed by atoms with E-state index >= 15 is 0 Å². The van der Waals surface area contributed by atoms with Crippen LogP contribution in [0.25, 0.3) is 6.08 Å². The van der Waals surface area contributed by atoms with Gasteiger partial charge < -0.3 is 14.6 Å². The maximum Gasteiger partial charge on any atom is 0.303 e. The minimum Gasteiger partial charge on any atom is -0.481 e. The van der Waals surface area contributed by atoms with Gasteiger partial charge in [0.15, 0.2) is 8.32 Å². The number of carboxylic acid groups (broad SMARTS) is 1. The fourth-order valence-electron chi connectivity index (χ4n) is 4.78. The molecule has 0 saturated carbocycles. The van der Waals surface area contributed by atoms with E-state index in [-0.39, 0.29) is 35.2 Å². The molecule has 8 heteroatoms. The zero-order valence-electron chi connectivity index (χ0n) is 27.8. The van der Waals surface area contributed by atoms with Crippen molar-refractivity contribution < 1.29 is 24.2 Å². The number of thiazole rings is 1. The smallest absolute Gasteiger partial charge is 0.303 e. The largest absolute Gasteiger partial charge is 0.481 e. The molecule has 0 amide bonds. The first-order valence-electron chi connectivity index (χ1n) is 15.1. The van der Waals surface area contributed by atoms with Crippen LogP contribution in [0.1, 0.15) is 112 Å². The molecular weight excluding hydrogens is 551 g/mol. The molecule has 0 aromatic carbocycles. The Hall–Kier alpha value is -1.61. The van der Waals surface area contributed by atoms with Gasteiger partial charge in [0.05, 0.1) is 22.9 Å². The third-order valence-electron chi connectivity index (χ3n) is 8.79. The van der Waals surface area contributed by atoms with E-state index in [2.05, 4.69) is 58.8 Å². The molecule has 0 radical (unpaired) electrons. The number of nitrogens with zero attached hydrogens (tertiary/aromatic N) is 1. The summed E-state index contributed by atoms with van der Waals surface area (Å²) in [6.45, 7) is 25.0. The molecule has 0 aliphatic heterocycles. The summed E-state index contributed by atoms with van der Waals surface area (Å²) < 4.78 is 6.92. The monoisotopic (exact) mass is 607 g/mol. The lowest BCUT2D eigenvalue weighted by molar-refractivity contribution is -0.139. The zero-order valence-corrected chi connectivity index (χ0v) is 29.6. The van der Waals surface area contributed by atoms with Crippen molar-refractivity contribution in [1.82, 2.24) is 4.98 Å². The standard InChI is InChI=1S/C33H57NO5SSi/c1-22(16-17-28(35)24(3)20-27-21-40-26(5)34-27)14-13-15-23(2)30(39-41(11,12)32(6,7)8)25(4)31(38)33(9,10)19-18-29(36)37/h16,20-21,23,25,28,30,35H,13-15,17-19H2,1-12H3,(H,36,37)/t23-,25+,28-,30-/m0/s1. The number of aliphatic carboxylic acids is 1. The van der Waals surface area contributed by atoms with Crippen LogP contribution < -0.4 is 0 Å². The highest BCUT2D eigenvalue weighted by molar-refractivity contribution is 7.09. The van der Waals surface area contributed by atoms with E-state index in [9.17, 15) is 19.8 Å². The highest BCUT2D eigenvalue weighted by atomic mass is 32.1. The van der Waals surface area contributed by atoms with Crippen molar-refractivity contribution in [3.05, 3.63) is 33.3 Å². The number of aryl methyl sites for hydroxylation is 1. The second kappa shape index (κ2) is 15.7. The van der Waals surface area contributed by atoms with E-state index in [0.717, 1.165) is 35.5 Å². The SMILES string of the molecule is CC(=CC[C@H](O)C(C)=Cc1csc(C)n1)CCC[C@H](C)[C@H](O[Si](C)(C)C(C)(C)C)[C@@H](C)C(=O)C(C)(C)CCC(=O)O. The molecule has 0 saturated heterocycles. The number of Topliss-reactive ketones (excluding diaryl/α,β-unsaturated/α-hetero) is 1. The minimum atomic E-state index is -2.15. The van der Waals surface area contributed by atoms with Crippen molar-refractivity contribution in [3.63, 3.8) is 0 Å². The number of allylic oxidation sites excluding steroid dienone is 1. The predicted molar refractivity (Wildman–Crippen MR) is 175 cm³/mol. The second-order valence-electron chi connectivity index (χ2n) is 14.1. The molecule has 41 heavy (non-hydrogen) atoms. The number of carbonyl (C=O) groups excluding carboxylic acids is 1. The Kier molecular flexibility index (Phi) is 14.4. The molecule has 2 N–H and O–H groups in total. The molecule has 6 nitrogen and oxygen atoms in total. The van der Waals surface area contributed by atoms with E-state index in [4.69, 9.17) is 4.43 Å². The molecule has 0 spiro atoms. The van der Waals surface area contributed by atoms with Crippen LogP contribution in [-0.4, -0.2) is 47.5 Å². The van der Waals surface area contributed by atoms with E-state index in [1.165, 1.54) is 5.57 Å². The van der Waals surface area contributed by atoms with Crippen LogP contribution in [0.3, 0.4) is 0 Å². The quantitative estimate of drug-likeness (QED) is 0.136. The van der Waals surface area contributed by atoms with Crippen LogP contribution in [-0.2, 0) is 14.0 Å². The summed E-state index contributed by atoms with van der Waals surface area (Å²) in [6, 6.07) is 0. The number of rotatable bonds is 17.